The van der Waals surface area contributed by atoms with E-state index >= 15 is 0 Å². The van der Waals surface area contributed by atoms with Gasteiger partial charge in [-0.05, 0) is 159 Å². The van der Waals surface area contributed by atoms with Gasteiger partial charge in [0.05, 0.1) is 40.0 Å². The van der Waals surface area contributed by atoms with Gasteiger partial charge in [-0.15, -0.1) is 0 Å². The molecule has 0 radical (unpaired) electrons. The fourth-order valence-electron chi connectivity index (χ4n) is 7.92. The van der Waals surface area contributed by atoms with E-state index in [1.54, 1.807) is 6.92 Å². The molecule has 1 aromatic heterocycles. The molecule has 3 nitrogen and oxygen atoms in total. The highest BCUT2D eigenvalue weighted by atomic mass is 15.2. The summed E-state index contributed by atoms with van der Waals surface area (Å²) in [7, 11) is 0. The van der Waals surface area contributed by atoms with Crippen LogP contribution in [0.25, 0.3) is 27.5 Å². The van der Waals surface area contributed by atoms with E-state index in [0.717, 1.165) is 4.90 Å². The molecule has 0 bridgehead atoms. The summed E-state index contributed by atoms with van der Waals surface area (Å²) in [5.41, 5.74) is -3.15. The summed E-state index contributed by atoms with van der Waals surface area (Å²) in [5.74, 6) is 0. The van der Waals surface area contributed by atoms with Crippen LogP contribution >= 0.6 is 0 Å². The molecule has 0 amide bonds. The van der Waals surface area contributed by atoms with E-state index in [-0.39, 0.29) is 118 Å². The first-order valence-corrected chi connectivity index (χ1v) is 17.1. The van der Waals surface area contributed by atoms with Crippen molar-refractivity contribution in [3.8, 4) is 5.69 Å². The topological polar surface area (TPSA) is 11.4 Å². The number of hydrogen-bond donors (Lipinski definition) is 0. The molecule has 53 heavy (non-hydrogen) atoms. The average Bonchev–Trinajstić information content (AvgIpc) is 3.73. The van der Waals surface area contributed by atoms with Crippen LogP contribution in [0, 0.1) is 48.5 Å². The summed E-state index contributed by atoms with van der Waals surface area (Å²) < 4.78 is 200. The number of anilines is 6. The molecule has 7 aromatic carbocycles. The predicted molar refractivity (Wildman–Crippen MR) is 228 cm³/mol. The van der Waals surface area contributed by atoms with Crippen molar-refractivity contribution in [1.29, 1.82) is 0 Å². The van der Waals surface area contributed by atoms with Crippen LogP contribution in [0.4, 0.5) is 34.1 Å². The van der Waals surface area contributed by atoms with Crippen molar-refractivity contribution in [2.75, 3.05) is 9.80 Å². The van der Waals surface area contributed by atoms with Crippen LogP contribution < -0.4 is 26.2 Å². The van der Waals surface area contributed by atoms with Crippen molar-refractivity contribution in [3.63, 3.8) is 0 Å². The van der Waals surface area contributed by atoms with Gasteiger partial charge >= 0.3 is 0 Å². The molecule has 256 valence electrons. The SMILES string of the molecule is [2H]c1c([2H])c(C)c([2H])c(N2c3c([2H])c(C)c([2H])c(C)c3B3c4c2c([2H])c(N(c2c([2H])c(C)c([2H])c(C)c2[2H])c2c([2H])c(C)c([2H])c(C)c2[2H])c([2H])c4-n2c4c([2H])c([2H])c([2H])c([2H])c4c4c([2H])c([2H])c([2H])c3c42)c1[2H]. The summed E-state index contributed by atoms with van der Waals surface area (Å²) in [5, 5.41) is -0.485. The second kappa shape index (κ2) is 11.5. The zero-order valence-electron chi connectivity index (χ0n) is 50.9. The number of fused-ring (bicyclic) bond motifs is 7. The first-order valence-electron chi connectivity index (χ1n) is 27.6. The summed E-state index contributed by atoms with van der Waals surface area (Å²) in [4.78, 5) is 2.20. The Morgan fingerprint density at radius 2 is 1.08 bits per heavy atom. The van der Waals surface area contributed by atoms with Gasteiger partial charge in [-0.1, -0.05) is 72.0 Å². The first-order chi connectivity index (χ1) is 34.5. The maximum Gasteiger partial charge on any atom is 0.252 e. The minimum atomic E-state index is -1.49. The Balaban J connectivity index is 1.61. The largest absolute Gasteiger partial charge is 0.311 e. The van der Waals surface area contributed by atoms with Gasteiger partial charge in [0.2, 0.25) is 0 Å². The normalized spacial score (nSPS) is 18.3. The highest BCUT2D eigenvalue weighted by molar-refractivity contribution is 7.00. The molecule has 4 heteroatoms. The van der Waals surface area contributed by atoms with Crippen LogP contribution in [0.2, 0.25) is 0 Å². The molecular weight excluding hydrogens is 641 g/mol. The summed E-state index contributed by atoms with van der Waals surface area (Å²) in [6.07, 6.45) is 0. The quantitative estimate of drug-likeness (QED) is 0.169. The van der Waals surface area contributed by atoms with E-state index < -0.39 is 132 Å². The van der Waals surface area contributed by atoms with E-state index in [4.69, 9.17) is 8.22 Å². The van der Waals surface area contributed by atoms with Crippen LogP contribution in [0.1, 0.15) is 67.7 Å². The maximum atomic E-state index is 10.7. The Morgan fingerprint density at radius 1 is 0.491 bits per heavy atom. The zero-order chi connectivity index (χ0) is 54.6. The molecule has 0 aliphatic carbocycles. The first kappa shape index (κ1) is 16.8. The zero-order valence-corrected chi connectivity index (χ0v) is 29.9. The van der Waals surface area contributed by atoms with E-state index in [1.165, 1.54) is 51.0 Å². The van der Waals surface area contributed by atoms with Crippen molar-refractivity contribution >= 4 is 79.0 Å². The third-order valence-corrected chi connectivity index (χ3v) is 9.71. The molecule has 0 fully saturated rings. The smallest absolute Gasteiger partial charge is 0.252 e. The molecule has 10 rings (SSSR count). The molecule has 0 unspecified atom stereocenters. The second-order valence-corrected chi connectivity index (χ2v) is 13.6. The Hall–Kier alpha value is -6.00. The number of para-hydroxylation sites is 2. The molecule has 3 heterocycles. The summed E-state index contributed by atoms with van der Waals surface area (Å²) >= 11 is 0. The molecular formula is C49H42BN3. The van der Waals surface area contributed by atoms with Crippen molar-refractivity contribution in [3.05, 3.63) is 166 Å². The van der Waals surface area contributed by atoms with Gasteiger partial charge in [-0.3, -0.25) is 0 Å². The van der Waals surface area contributed by atoms with Gasteiger partial charge in [-0.25, -0.2) is 0 Å². The number of aromatic nitrogens is 1. The van der Waals surface area contributed by atoms with Crippen LogP contribution in [0.15, 0.2) is 127 Å². The van der Waals surface area contributed by atoms with Gasteiger partial charge in [0.25, 0.3) is 6.71 Å². The molecule has 2 aliphatic rings. The van der Waals surface area contributed by atoms with Crippen molar-refractivity contribution in [1.82, 2.24) is 4.57 Å². The average molecular weight is 705 g/mol. The molecule has 0 saturated heterocycles. The number of rotatable bonds is 4. The van der Waals surface area contributed by atoms with Gasteiger partial charge < -0.3 is 14.4 Å². The molecule has 0 N–H and O–H groups in total. The highest BCUT2D eigenvalue weighted by Gasteiger charge is 2.43. The Kier molecular flexibility index (Phi) is 3.64. The molecule has 0 saturated carbocycles. The van der Waals surface area contributed by atoms with Crippen LogP contribution in [-0.4, -0.2) is 11.3 Å². The van der Waals surface area contributed by atoms with Gasteiger partial charge in [0.1, 0.15) is 0 Å². The standard InChI is InChI=1S/C49H42BN3/c1-29-12-10-13-36(21-29)52-44-26-34(6)20-35(7)47(44)50-42-16-11-15-41-40-14-8-9-17-43(40)53(49(41)42)46-28-39(27-45(52)48(46)50)51(37-22-30(2)18-31(3)23-37)38-24-32(4)19-33(5)25-38/h8-28H,1-7H3/i8D,9D,10D,11D,12D,13D,14D,15D,16D,17D,18D,19D,20D,21D,22D,23D,24D,25D,26D,27D,28D. The lowest BCUT2D eigenvalue weighted by Gasteiger charge is -2.42. The molecule has 0 spiro atoms. The van der Waals surface area contributed by atoms with Gasteiger partial charge in [0, 0.05) is 50.4 Å². The maximum absolute atomic E-state index is 10.7. The molecule has 2 aliphatic heterocycles. The van der Waals surface area contributed by atoms with E-state index in [2.05, 4.69) is 0 Å². The monoisotopic (exact) mass is 704 g/mol. The number of nitrogens with zero attached hydrogens (tertiary/aromatic N) is 3. The van der Waals surface area contributed by atoms with Gasteiger partial charge in [-0.2, -0.15) is 0 Å². The minimum absolute atomic E-state index is 0.0258. The van der Waals surface area contributed by atoms with E-state index in [0.29, 0.717) is 0 Å². The predicted octanol–water partition coefficient (Wildman–Crippen LogP) is 11.0. The van der Waals surface area contributed by atoms with E-state index in [9.17, 15) is 20.6 Å². The van der Waals surface area contributed by atoms with Crippen LogP contribution in [-0.2, 0) is 0 Å². The Morgan fingerprint density at radius 3 is 1.79 bits per heavy atom. The third kappa shape index (κ3) is 4.75. The highest BCUT2D eigenvalue weighted by Crippen LogP contribution is 2.46. The lowest BCUT2D eigenvalue weighted by Crippen LogP contribution is -2.61. The van der Waals surface area contributed by atoms with Crippen LogP contribution in [0.3, 0.4) is 0 Å². The molecule has 8 aromatic rings. The van der Waals surface area contributed by atoms with E-state index in [1.807, 2.05) is 0 Å². The fraction of sp³-hybridized carbons (Fsp3) is 0.143. The second-order valence-electron chi connectivity index (χ2n) is 13.6. The lowest BCUT2D eigenvalue weighted by molar-refractivity contribution is 1.16. The molecule has 0 atom stereocenters. The summed E-state index contributed by atoms with van der Waals surface area (Å²) in [6.45, 7) is 8.72. The number of hydrogen-bond acceptors (Lipinski definition) is 2. The Labute approximate surface area is 342 Å². The fourth-order valence-corrected chi connectivity index (χ4v) is 7.92. The number of benzene rings is 7. The Bertz CT molecular complexity index is 3880. The minimum Gasteiger partial charge on any atom is -0.311 e. The third-order valence-electron chi connectivity index (χ3n) is 9.71. The summed E-state index contributed by atoms with van der Waals surface area (Å²) in [6, 6.07) is -11.3. The lowest BCUT2D eigenvalue weighted by atomic mass is 9.33. The van der Waals surface area contributed by atoms with Gasteiger partial charge in [0.15, 0.2) is 0 Å². The van der Waals surface area contributed by atoms with Crippen molar-refractivity contribution in [2.24, 2.45) is 0 Å². The van der Waals surface area contributed by atoms with Crippen LogP contribution in [0.5, 0.6) is 0 Å². The van der Waals surface area contributed by atoms with Crippen molar-refractivity contribution < 1.29 is 28.8 Å². The van der Waals surface area contributed by atoms with Crippen molar-refractivity contribution in [2.45, 2.75) is 48.5 Å².